The summed E-state index contributed by atoms with van der Waals surface area (Å²) in [4.78, 5) is 0. The van der Waals surface area contributed by atoms with Gasteiger partial charge in [-0.05, 0) is 0 Å². The summed E-state index contributed by atoms with van der Waals surface area (Å²) < 4.78 is 34.1. The summed E-state index contributed by atoms with van der Waals surface area (Å²) in [5.74, 6) is 0. The van der Waals surface area contributed by atoms with E-state index in [1.165, 1.54) is 0 Å². The SMILES string of the molecule is N.O=S(=O)([O-])[O-].[Co+2].[Ni+2]. The molecule has 0 unspecified atom stereocenters. The Kier molecular flexibility index (Phi) is 22.7. The summed E-state index contributed by atoms with van der Waals surface area (Å²) in [6.45, 7) is 0. The van der Waals surface area contributed by atoms with Crippen LogP contribution in [-0.4, -0.2) is 17.5 Å². The molecule has 0 saturated heterocycles. The molecule has 0 saturated carbocycles. The quantitative estimate of drug-likeness (QED) is 0.320. The summed E-state index contributed by atoms with van der Waals surface area (Å²) in [5.41, 5.74) is 0. The fraction of sp³-hybridized carbons (Fsp3) is 0. The van der Waals surface area contributed by atoms with Gasteiger partial charge in [0.15, 0.2) is 0 Å². The van der Waals surface area contributed by atoms with Crippen LogP contribution in [0.5, 0.6) is 0 Å². The molecular weight excluding hydrogens is 228 g/mol. The van der Waals surface area contributed by atoms with E-state index in [0.29, 0.717) is 0 Å². The topological polar surface area (TPSA) is 115 Å². The van der Waals surface area contributed by atoms with Crippen LogP contribution >= 0.6 is 0 Å². The van der Waals surface area contributed by atoms with E-state index in [-0.39, 0.29) is 39.4 Å². The summed E-state index contributed by atoms with van der Waals surface area (Å²) in [6.07, 6.45) is 0. The van der Waals surface area contributed by atoms with Gasteiger partial charge in [-0.25, -0.2) is 0 Å². The van der Waals surface area contributed by atoms with Gasteiger partial charge in [-0.3, -0.25) is 8.42 Å². The van der Waals surface area contributed by atoms with E-state index in [4.69, 9.17) is 17.5 Å². The van der Waals surface area contributed by atoms with Crippen molar-refractivity contribution in [2.24, 2.45) is 0 Å². The third-order valence-electron chi connectivity index (χ3n) is 0. The van der Waals surface area contributed by atoms with Crippen LogP contribution in [0.2, 0.25) is 0 Å². The minimum absolute atomic E-state index is 0. The average Bonchev–Trinajstić information content (AvgIpc) is 0.722. The van der Waals surface area contributed by atoms with E-state index in [1.54, 1.807) is 0 Å². The van der Waals surface area contributed by atoms with Gasteiger partial charge in [-0.15, -0.1) is 0 Å². The zero-order valence-corrected chi connectivity index (χ0v) is 6.24. The molecule has 1 radical (unpaired) electrons. The molecule has 0 fully saturated rings. The Hall–Kier alpha value is 0.830. The number of hydrogen-bond acceptors (Lipinski definition) is 5. The number of rotatable bonds is 0. The largest absolute Gasteiger partial charge is 2.00 e. The first kappa shape index (κ1) is 23.2. The molecule has 0 aliphatic rings. The van der Waals surface area contributed by atoms with Gasteiger partial charge in [-0.1, -0.05) is 0 Å². The van der Waals surface area contributed by atoms with Crippen LogP contribution in [0.3, 0.4) is 0 Å². The van der Waals surface area contributed by atoms with Crippen molar-refractivity contribution in [1.82, 2.24) is 6.15 Å². The second-order valence-corrected chi connectivity index (χ2v) is 1.22. The van der Waals surface area contributed by atoms with Gasteiger partial charge in [0.25, 0.3) is 0 Å². The molecule has 8 heteroatoms. The summed E-state index contributed by atoms with van der Waals surface area (Å²) in [6, 6.07) is 0. The van der Waals surface area contributed by atoms with E-state index in [1.807, 2.05) is 0 Å². The molecule has 0 aliphatic carbocycles. The predicted octanol–water partition coefficient (Wildman–Crippen LogP) is -1.18. The van der Waals surface area contributed by atoms with Crippen molar-refractivity contribution in [2.75, 3.05) is 0 Å². The minimum atomic E-state index is -5.17. The van der Waals surface area contributed by atoms with Crippen LogP contribution in [-0.2, 0) is 43.7 Å². The van der Waals surface area contributed by atoms with Gasteiger partial charge in [0, 0.05) is 10.4 Å². The zero-order chi connectivity index (χ0) is 4.50. The third kappa shape index (κ3) is 337. The van der Waals surface area contributed by atoms with Gasteiger partial charge in [0.1, 0.15) is 0 Å². The molecule has 0 spiro atoms. The Morgan fingerprint density at radius 2 is 1.12 bits per heavy atom. The molecule has 55 valence electrons. The molecule has 8 heavy (non-hydrogen) atoms. The molecule has 0 atom stereocenters. The second kappa shape index (κ2) is 7.83. The van der Waals surface area contributed by atoms with Gasteiger partial charge >= 0.3 is 33.3 Å². The van der Waals surface area contributed by atoms with Crippen LogP contribution < -0.4 is 6.15 Å². The maximum Gasteiger partial charge on any atom is 2.00 e. The minimum Gasteiger partial charge on any atom is -0.759 e. The Labute approximate surface area is 67.5 Å². The smallest absolute Gasteiger partial charge is 0.759 e. The maximum atomic E-state index is 8.52. The normalized spacial score (nSPS) is 7.25. The average molecular weight is 231 g/mol. The molecule has 0 amide bonds. The fourth-order valence-electron chi connectivity index (χ4n) is 0. The first-order valence-corrected chi connectivity index (χ1v) is 2.00. The van der Waals surface area contributed by atoms with Crippen molar-refractivity contribution < 1.29 is 50.8 Å². The van der Waals surface area contributed by atoms with Crippen LogP contribution in [0, 0.1) is 0 Å². The first-order chi connectivity index (χ1) is 2.00. The van der Waals surface area contributed by atoms with Gasteiger partial charge in [0.05, 0.1) is 0 Å². The summed E-state index contributed by atoms with van der Waals surface area (Å²) in [7, 11) is -5.17. The molecule has 0 heterocycles. The van der Waals surface area contributed by atoms with Crippen molar-refractivity contribution >= 4 is 10.4 Å². The maximum absolute atomic E-state index is 8.52. The van der Waals surface area contributed by atoms with Crippen molar-refractivity contribution in [3.05, 3.63) is 0 Å². The molecule has 0 aromatic heterocycles. The summed E-state index contributed by atoms with van der Waals surface area (Å²) >= 11 is 0. The molecule has 0 rings (SSSR count). The second-order valence-electron chi connectivity index (χ2n) is 0.408. The number of hydrogen-bond donors (Lipinski definition) is 1. The molecule has 0 aromatic rings. The van der Waals surface area contributed by atoms with Crippen LogP contribution in [0.1, 0.15) is 0 Å². The van der Waals surface area contributed by atoms with Gasteiger partial charge in [0.2, 0.25) is 0 Å². The van der Waals surface area contributed by atoms with E-state index in [2.05, 4.69) is 0 Å². The predicted molar refractivity (Wildman–Crippen MR) is 15.5 cm³/mol. The van der Waals surface area contributed by atoms with Crippen LogP contribution in [0.4, 0.5) is 0 Å². The van der Waals surface area contributed by atoms with Crippen LogP contribution in [0.25, 0.3) is 0 Å². The Morgan fingerprint density at radius 1 is 1.12 bits per heavy atom. The molecular formula is H3CoNNiO4S+2. The Morgan fingerprint density at radius 3 is 1.12 bits per heavy atom. The fourth-order valence-corrected chi connectivity index (χ4v) is 0. The van der Waals surface area contributed by atoms with Crippen molar-refractivity contribution in [3.8, 4) is 0 Å². The van der Waals surface area contributed by atoms with E-state index < -0.39 is 10.4 Å². The van der Waals surface area contributed by atoms with Crippen molar-refractivity contribution in [3.63, 3.8) is 0 Å². The molecule has 0 aliphatic heterocycles. The first-order valence-electron chi connectivity index (χ1n) is 0.667. The Bertz CT molecular complexity index is 99.2. The van der Waals surface area contributed by atoms with E-state index in [0.717, 1.165) is 0 Å². The monoisotopic (exact) mass is 230 g/mol. The van der Waals surface area contributed by atoms with Gasteiger partial charge in [-0.2, -0.15) is 0 Å². The standard InChI is InChI=1S/Co.H3N.Ni.H2O4S/c;;;1-5(2,3)4/h;1H3;;(H2,1,2,3,4)/q+2;;+2;/p-2. The molecule has 0 aromatic carbocycles. The molecule has 5 nitrogen and oxygen atoms in total. The van der Waals surface area contributed by atoms with Crippen LogP contribution in [0.15, 0.2) is 0 Å². The molecule has 0 bridgehead atoms. The van der Waals surface area contributed by atoms with E-state index in [9.17, 15) is 0 Å². The van der Waals surface area contributed by atoms with E-state index >= 15 is 0 Å². The van der Waals surface area contributed by atoms with Gasteiger partial charge < -0.3 is 15.3 Å². The third-order valence-corrected chi connectivity index (χ3v) is 0. The zero-order valence-electron chi connectivity index (χ0n) is 3.40. The van der Waals surface area contributed by atoms with Crippen molar-refractivity contribution in [2.45, 2.75) is 0 Å². The molecule has 3 N–H and O–H groups in total. The summed E-state index contributed by atoms with van der Waals surface area (Å²) in [5, 5.41) is 0. The Balaban J connectivity index is -0.0000000267. The van der Waals surface area contributed by atoms with Crippen molar-refractivity contribution in [1.29, 1.82) is 0 Å².